The van der Waals surface area contributed by atoms with Crippen LogP contribution < -0.4 is 10.6 Å². The Balaban J connectivity index is 1.64. The molecule has 0 amide bonds. The van der Waals surface area contributed by atoms with Gasteiger partial charge in [0.05, 0.1) is 18.1 Å². The fraction of sp³-hybridized carbons (Fsp3) is 0.316. The normalized spacial score (nSPS) is 15.3. The van der Waals surface area contributed by atoms with Crippen molar-refractivity contribution in [2.24, 2.45) is 0 Å². The van der Waals surface area contributed by atoms with Crippen molar-refractivity contribution in [1.82, 2.24) is 4.31 Å². The topological polar surface area (TPSA) is 70.7 Å². The van der Waals surface area contributed by atoms with Crippen LogP contribution in [0.3, 0.4) is 0 Å². The van der Waals surface area contributed by atoms with Crippen LogP contribution in [0.25, 0.3) is 0 Å². The van der Waals surface area contributed by atoms with Gasteiger partial charge in [-0.25, -0.2) is 8.42 Å². The number of morpholine rings is 1. The second-order valence-corrected chi connectivity index (χ2v) is 8.77. The first kappa shape index (κ1) is 19.8. The highest BCUT2D eigenvalue weighted by atomic mass is 32.2. The molecule has 3 rings (SSSR count). The van der Waals surface area contributed by atoms with Gasteiger partial charge in [-0.3, -0.25) is 0 Å². The first-order valence-corrected chi connectivity index (χ1v) is 10.5. The van der Waals surface area contributed by atoms with E-state index >= 15 is 0 Å². The average molecular weight is 406 g/mol. The Morgan fingerprint density at radius 2 is 1.56 bits per heavy atom. The van der Waals surface area contributed by atoms with Gasteiger partial charge in [-0.15, -0.1) is 0 Å². The lowest BCUT2D eigenvalue weighted by atomic mass is 10.1. The number of nitrogens with zero attached hydrogens (tertiary/aromatic N) is 1. The molecule has 1 aliphatic heterocycles. The molecule has 8 heteroatoms. The lowest BCUT2D eigenvalue weighted by Crippen LogP contribution is -2.40. The summed E-state index contributed by atoms with van der Waals surface area (Å²) in [7, 11) is -3.49. The minimum Gasteiger partial charge on any atom is -0.379 e. The second kappa shape index (κ2) is 8.35. The molecule has 2 aromatic rings. The summed E-state index contributed by atoms with van der Waals surface area (Å²) in [6.07, 6.45) is 0. The predicted octanol–water partition coefficient (Wildman–Crippen LogP) is 3.13. The molecule has 144 valence electrons. The van der Waals surface area contributed by atoms with Crippen LogP contribution in [0.4, 0.5) is 11.4 Å². The molecule has 27 heavy (non-hydrogen) atoms. The summed E-state index contributed by atoms with van der Waals surface area (Å²) < 4.78 is 31.9. The molecule has 2 N–H and O–H groups in total. The standard InChI is InChI=1S/C19H23N3O3S2/c1-14-3-4-17(13-15(14)2)21-19(26)20-16-5-7-18(8-6-16)27(23,24)22-9-11-25-12-10-22/h3-8,13H,9-12H2,1-2H3,(H2,20,21,26). The van der Waals surface area contributed by atoms with E-state index in [2.05, 4.69) is 17.6 Å². The third-order valence-corrected chi connectivity index (χ3v) is 6.60. The number of rotatable bonds is 4. The van der Waals surface area contributed by atoms with Crippen LogP contribution in [0.2, 0.25) is 0 Å². The predicted molar refractivity (Wildman–Crippen MR) is 112 cm³/mol. The minimum atomic E-state index is -3.49. The lowest BCUT2D eigenvalue weighted by Gasteiger charge is -2.26. The van der Waals surface area contributed by atoms with Gasteiger partial charge in [-0.1, -0.05) is 6.07 Å². The van der Waals surface area contributed by atoms with Crippen LogP contribution in [0, 0.1) is 13.8 Å². The quantitative estimate of drug-likeness (QED) is 0.762. The Bertz CT molecular complexity index is 922. The van der Waals surface area contributed by atoms with Crippen LogP contribution in [0.1, 0.15) is 11.1 Å². The minimum absolute atomic E-state index is 0.267. The van der Waals surface area contributed by atoms with Crippen LogP contribution >= 0.6 is 12.2 Å². The molecule has 0 radical (unpaired) electrons. The number of nitrogens with one attached hydrogen (secondary N) is 2. The summed E-state index contributed by atoms with van der Waals surface area (Å²) in [5.74, 6) is 0. The Morgan fingerprint density at radius 3 is 2.19 bits per heavy atom. The molecule has 0 unspecified atom stereocenters. The largest absolute Gasteiger partial charge is 0.379 e. The van der Waals surface area contributed by atoms with Gasteiger partial charge < -0.3 is 15.4 Å². The summed E-state index contributed by atoms with van der Waals surface area (Å²) in [6, 6.07) is 12.6. The second-order valence-electron chi connectivity index (χ2n) is 6.42. The van der Waals surface area contributed by atoms with Gasteiger partial charge in [0.1, 0.15) is 0 Å². The fourth-order valence-electron chi connectivity index (χ4n) is 2.76. The lowest BCUT2D eigenvalue weighted by molar-refractivity contribution is 0.0730. The molecule has 6 nitrogen and oxygen atoms in total. The maximum atomic E-state index is 12.6. The molecule has 0 atom stereocenters. The molecule has 0 aromatic heterocycles. The van der Waals surface area contributed by atoms with Crippen molar-refractivity contribution in [3.63, 3.8) is 0 Å². The van der Waals surface area contributed by atoms with Gasteiger partial charge in [0.2, 0.25) is 10.0 Å². The number of hydrogen-bond acceptors (Lipinski definition) is 4. The number of anilines is 2. The molecule has 0 bridgehead atoms. The Morgan fingerprint density at radius 1 is 0.963 bits per heavy atom. The zero-order valence-electron chi connectivity index (χ0n) is 15.4. The van der Waals surface area contributed by atoms with E-state index < -0.39 is 10.0 Å². The van der Waals surface area contributed by atoms with E-state index in [0.29, 0.717) is 31.4 Å². The number of benzene rings is 2. The summed E-state index contributed by atoms with van der Waals surface area (Å²) in [4.78, 5) is 0.267. The molecular weight excluding hydrogens is 382 g/mol. The average Bonchev–Trinajstić information content (AvgIpc) is 2.66. The first-order chi connectivity index (χ1) is 12.9. The van der Waals surface area contributed by atoms with Crippen LogP contribution in [0.5, 0.6) is 0 Å². The van der Waals surface area contributed by atoms with E-state index in [1.807, 2.05) is 25.1 Å². The van der Waals surface area contributed by atoms with Gasteiger partial charge in [-0.05, 0) is 73.6 Å². The highest BCUT2D eigenvalue weighted by Crippen LogP contribution is 2.20. The molecule has 0 aliphatic carbocycles. The van der Waals surface area contributed by atoms with E-state index in [4.69, 9.17) is 17.0 Å². The zero-order chi connectivity index (χ0) is 19.4. The fourth-order valence-corrected chi connectivity index (χ4v) is 4.40. The Kier molecular flexibility index (Phi) is 6.11. The molecule has 2 aromatic carbocycles. The van der Waals surface area contributed by atoms with Crippen molar-refractivity contribution in [1.29, 1.82) is 0 Å². The van der Waals surface area contributed by atoms with Crippen molar-refractivity contribution in [2.75, 3.05) is 36.9 Å². The summed E-state index contributed by atoms with van der Waals surface area (Å²) in [6.45, 7) is 5.72. The first-order valence-electron chi connectivity index (χ1n) is 8.69. The summed E-state index contributed by atoms with van der Waals surface area (Å²) in [5.41, 5.74) is 4.02. The SMILES string of the molecule is Cc1ccc(NC(=S)Nc2ccc(S(=O)(=O)N3CCOCC3)cc2)cc1C. The van der Waals surface area contributed by atoms with E-state index in [-0.39, 0.29) is 4.90 Å². The maximum absolute atomic E-state index is 12.6. The smallest absolute Gasteiger partial charge is 0.243 e. The number of aryl methyl sites for hydroxylation is 2. The van der Waals surface area contributed by atoms with Crippen molar-refractivity contribution in [3.8, 4) is 0 Å². The molecule has 1 aliphatic rings. The highest BCUT2D eigenvalue weighted by Gasteiger charge is 2.26. The third kappa shape index (κ3) is 4.84. The number of thiocarbonyl (C=S) groups is 1. The van der Waals surface area contributed by atoms with Crippen molar-refractivity contribution >= 4 is 38.7 Å². The maximum Gasteiger partial charge on any atom is 0.243 e. The zero-order valence-corrected chi connectivity index (χ0v) is 17.0. The third-order valence-electron chi connectivity index (χ3n) is 4.48. The number of ether oxygens (including phenoxy) is 1. The van der Waals surface area contributed by atoms with E-state index in [1.54, 1.807) is 24.3 Å². The van der Waals surface area contributed by atoms with E-state index in [1.165, 1.54) is 15.4 Å². The highest BCUT2D eigenvalue weighted by molar-refractivity contribution is 7.89. The van der Waals surface area contributed by atoms with Crippen molar-refractivity contribution in [3.05, 3.63) is 53.6 Å². The molecule has 1 saturated heterocycles. The van der Waals surface area contributed by atoms with Gasteiger partial charge in [0.25, 0.3) is 0 Å². The summed E-state index contributed by atoms with van der Waals surface area (Å²) in [5, 5.41) is 6.66. The molecule has 1 heterocycles. The number of hydrogen-bond donors (Lipinski definition) is 2. The van der Waals surface area contributed by atoms with E-state index in [9.17, 15) is 8.42 Å². The van der Waals surface area contributed by atoms with Gasteiger partial charge >= 0.3 is 0 Å². The Labute approximate surface area is 165 Å². The molecule has 0 spiro atoms. The molecular formula is C19H23N3O3S2. The van der Waals surface area contributed by atoms with Crippen molar-refractivity contribution in [2.45, 2.75) is 18.7 Å². The van der Waals surface area contributed by atoms with Crippen LogP contribution in [-0.2, 0) is 14.8 Å². The summed E-state index contributed by atoms with van der Waals surface area (Å²) >= 11 is 5.34. The van der Waals surface area contributed by atoms with Gasteiger partial charge in [0.15, 0.2) is 5.11 Å². The number of sulfonamides is 1. The molecule has 1 fully saturated rings. The van der Waals surface area contributed by atoms with E-state index in [0.717, 1.165) is 11.4 Å². The van der Waals surface area contributed by atoms with Crippen molar-refractivity contribution < 1.29 is 13.2 Å². The van der Waals surface area contributed by atoms with Crippen LogP contribution in [0.15, 0.2) is 47.4 Å². The Hall–Kier alpha value is -2.00. The van der Waals surface area contributed by atoms with Gasteiger partial charge in [-0.2, -0.15) is 4.31 Å². The van der Waals surface area contributed by atoms with Crippen LogP contribution in [-0.4, -0.2) is 44.1 Å². The van der Waals surface area contributed by atoms with Gasteiger partial charge in [0, 0.05) is 24.5 Å². The molecule has 0 saturated carbocycles. The monoisotopic (exact) mass is 405 g/mol.